The van der Waals surface area contributed by atoms with Crippen molar-refractivity contribution in [2.45, 2.75) is 38.6 Å². The molecule has 1 fully saturated rings. The van der Waals surface area contributed by atoms with Crippen LogP contribution in [0.2, 0.25) is 0 Å². The summed E-state index contributed by atoms with van der Waals surface area (Å²) in [5, 5.41) is 2.87. The van der Waals surface area contributed by atoms with Gasteiger partial charge in [-0.1, -0.05) is 0 Å². The maximum absolute atomic E-state index is 11.4. The van der Waals surface area contributed by atoms with Crippen LogP contribution in [0.15, 0.2) is 0 Å². The molecule has 0 aromatic rings. The summed E-state index contributed by atoms with van der Waals surface area (Å²) < 4.78 is 0. The second-order valence-corrected chi connectivity index (χ2v) is 4.30. The van der Waals surface area contributed by atoms with Crippen LogP contribution in [0, 0.1) is 0 Å². The van der Waals surface area contributed by atoms with Crippen LogP contribution in [0.1, 0.15) is 32.6 Å². The van der Waals surface area contributed by atoms with Crippen molar-refractivity contribution < 1.29 is 9.59 Å². The van der Waals surface area contributed by atoms with Gasteiger partial charge in [0.05, 0.1) is 0 Å². The van der Waals surface area contributed by atoms with Crippen LogP contribution in [0.5, 0.6) is 0 Å². The minimum absolute atomic E-state index is 0.0181. The Labute approximate surface area is 96.4 Å². The van der Waals surface area contributed by atoms with Crippen molar-refractivity contribution in [1.29, 1.82) is 0 Å². The van der Waals surface area contributed by atoms with Crippen molar-refractivity contribution >= 4 is 11.8 Å². The van der Waals surface area contributed by atoms with Crippen LogP contribution < -0.4 is 11.1 Å². The Morgan fingerprint density at radius 2 is 2.38 bits per heavy atom. The van der Waals surface area contributed by atoms with Gasteiger partial charge in [0.25, 0.3) is 0 Å². The smallest absolute Gasteiger partial charge is 0.222 e. The number of nitrogens with two attached hydrogens (primary N) is 1. The summed E-state index contributed by atoms with van der Waals surface area (Å²) in [6.07, 6.45) is 2.76. The van der Waals surface area contributed by atoms with Crippen LogP contribution >= 0.6 is 0 Å². The molecule has 0 saturated carbocycles. The molecule has 0 spiro atoms. The Hall–Kier alpha value is -1.10. The van der Waals surface area contributed by atoms with Crippen LogP contribution in [-0.2, 0) is 9.59 Å². The number of nitrogens with one attached hydrogen (secondary N) is 1. The number of nitrogens with zero attached hydrogens (tertiary/aromatic N) is 1. The first-order chi connectivity index (χ1) is 7.63. The summed E-state index contributed by atoms with van der Waals surface area (Å²) in [5.41, 5.74) is 5.32. The maximum Gasteiger partial charge on any atom is 0.222 e. The van der Waals surface area contributed by atoms with Gasteiger partial charge in [-0.05, 0) is 26.3 Å². The lowest BCUT2D eigenvalue weighted by atomic mass is 10.2. The standard InChI is InChI=1S/C11H21N3O2/c1-9(13-10(15)4-2-6-12)8-14-7-3-5-11(14)16/h9H,2-8,12H2,1H3,(H,13,15). The highest BCUT2D eigenvalue weighted by Gasteiger charge is 2.22. The first-order valence-corrected chi connectivity index (χ1v) is 5.90. The molecule has 1 saturated heterocycles. The van der Waals surface area contributed by atoms with Gasteiger partial charge < -0.3 is 16.0 Å². The second kappa shape index (κ2) is 6.48. The average molecular weight is 227 g/mol. The van der Waals surface area contributed by atoms with E-state index in [9.17, 15) is 9.59 Å². The Morgan fingerprint density at radius 1 is 1.62 bits per heavy atom. The molecule has 16 heavy (non-hydrogen) atoms. The van der Waals surface area contributed by atoms with E-state index in [2.05, 4.69) is 5.32 Å². The highest BCUT2D eigenvalue weighted by molar-refractivity contribution is 5.78. The van der Waals surface area contributed by atoms with Gasteiger partial charge in [0.2, 0.25) is 11.8 Å². The predicted octanol–water partition coefficient (Wildman–Crippen LogP) is -0.148. The lowest BCUT2D eigenvalue weighted by Crippen LogP contribution is -2.42. The first kappa shape index (κ1) is 13.0. The number of likely N-dealkylation sites (tertiary alicyclic amines) is 1. The Bertz CT molecular complexity index is 256. The molecule has 92 valence electrons. The van der Waals surface area contributed by atoms with Crippen molar-refractivity contribution in [3.8, 4) is 0 Å². The van der Waals surface area contributed by atoms with Crippen molar-refractivity contribution in [3.05, 3.63) is 0 Å². The minimum Gasteiger partial charge on any atom is -0.352 e. The zero-order chi connectivity index (χ0) is 12.0. The lowest BCUT2D eigenvalue weighted by molar-refractivity contribution is -0.129. The average Bonchev–Trinajstić information content (AvgIpc) is 2.61. The minimum atomic E-state index is 0.0181. The summed E-state index contributed by atoms with van der Waals surface area (Å²) in [4.78, 5) is 24.6. The quantitative estimate of drug-likeness (QED) is 0.662. The summed E-state index contributed by atoms with van der Waals surface area (Å²) in [7, 11) is 0. The highest BCUT2D eigenvalue weighted by atomic mass is 16.2. The molecular weight excluding hydrogens is 206 g/mol. The van der Waals surface area contributed by atoms with Crippen LogP contribution in [0.4, 0.5) is 0 Å². The predicted molar refractivity (Wildman–Crippen MR) is 61.7 cm³/mol. The third-order valence-corrected chi connectivity index (χ3v) is 2.68. The molecule has 1 rings (SSSR count). The normalized spacial score (nSPS) is 17.6. The fourth-order valence-corrected chi connectivity index (χ4v) is 1.88. The summed E-state index contributed by atoms with van der Waals surface area (Å²) in [5.74, 6) is 0.215. The van der Waals surface area contributed by atoms with Crippen molar-refractivity contribution in [2.75, 3.05) is 19.6 Å². The Balaban J connectivity index is 2.21. The molecule has 1 atom stereocenters. The molecule has 1 heterocycles. The van der Waals surface area contributed by atoms with Crippen molar-refractivity contribution in [3.63, 3.8) is 0 Å². The monoisotopic (exact) mass is 227 g/mol. The van der Waals surface area contributed by atoms with E-state index >= 15 is 0 Å². The topological polar surface area (TPSA) is 75.4 Å². The number of amides is 2. The molecule has 5 heteroatoms. The Kier molecular flexibility index (Phi) is 5.25. The van der Waals surface area contributed by atoms with E-state index in [0.29, 0.717) is 32.4 Å². The molecule has 0 aromatic heterocycles. The van der Waals surface area contributed by atoms with E-state index in [1.54, 1.807) is 0 Å². The maximum atomic E-state index is 11.4. The molecule has 3 N–H and O–H groups in total. The molecule has 0 aliphatic carbocycles. The van der Waals surface area contributed by atoms with Gasteiger partial charge in [0.1, 0.15) is 0 Å². The third kappa shape index (κ3) is 4.18. The number of rotatable bonds is 6. The van der Waals surface area contributed by atoms with Gasteiger partial charge in [-0.25, -0.2) is 0 Å². The molecular formula is C11H21N3O2. The van der Waals surface area contributed by atoms with Gasteiger partial charge >= 0.3 is 0 Å². The van der Waals surface area contributed by atoms with E-state index in [1.165, 1.54) is 0 Å². The van der Waals surface area contributed by atoms with Crippen LogP contribution in [-0.4, -0.2) is 42.4 Å². The summed E-state index contributed by atoms with van der Waals surface area (Å²) >= 11 is 0. The van der Waals surface area contributed by atoms with Gasteiger partial charge in [0, 0.05) is 32.0 Å². The lowest BCUT2D eigenvalue weighted by Gasteiger charge is -2.21. The first-order valence-electron chi connectivity index (χ1n) is 5.90. The molecule has 0 radical (unpaired) electrons. The largest absolute Gasteiger partial charge is 0.352 e. The SMILES string of the molecule is CC(CN1CCCC1=O)NC(=O)CCCN. The van der Waals surface area contributed by atoms with E-state index in [0.717, 1.165) is 13.0 Å². The number of carbonyl (C=O) groups excluding carboxylic acids is 2. The van der Waals surface area contributed by atoms with E-state index in [1.807, 2.05) is 11.8 Å². The molecule has 1 aliphatic heterocycles. The van der Waals surface area contributed by atoms with Crippen molar-refractivity contribution in [1.82, 2.24) is 10.2 Å². The van der Waals surface area contributed by atoms with Gasteiger partial charge in [0.15, 0.2) is 0 Å². The molecule has 1 unspecified atom stereocenters. The molecule has 5 nitrogen and oxygen atoms in total. The zero-order valence-electron chi connectivity index (χ0n) is 9.87. The second-order valence-electron chi connectivity index (χ2n) is 4.30. The Morgan fingerprint density at radius 3 is 2.94 bits per heavy atom. The molecule has 0 bridgehead atoms. The number of carbonyl (C=O) groups is 2. The van der Waals surface area contributed by atoms with Gasteiger partial charge in [-0.3, -0.25) is 9.59 Å². The van der Waals surface area contributed by atoms with E-state index in [-0.39, 0.29) is 17.9 Å². The fourth-order valence-electron chi connectivity index (χ4n) is 1.88. The number of hydrogen-bond donors (Lipinski definition) is 2. The summed E-state index contributed by atoms with van der Waals surface area (Å²) in [6, 6.07) is 0.0207. The zero-order valence-corrected chi connectivity index (χ0v) is 9.87. The van der Waals surface area contributed by atoms with Crippen LogP contribution in [0.25, 0.3) is 0 Å². The number of hydrogen-bond acceptors (Lipinski definition) is 3. The molecule has 1 aliphatic rings. The third-order valence-electron chi connectivity index (χ3n) is 2.68. The van der Waals surface area contributed by atoms with Gasteiger partial charge in [-0.2, -0.15) is 0 Å². The summed E-state index contributed by atoms with van der Waals surface area (Å²) in [6.45, 7) is 3.90. The van der Waals surface area contributed by atoms with Crippen molar-refractivity contribution in [2.24, 2.45) is 5.73 Å². The van der Waals surface area contributed by atoms with E-state index in [4.69, 9.17) is 5.73 Å². The molecule has 2 amide bonds. The molecule has 0 aromatic carbocycles. The fraction of sp³-hybridized carbons (Fsp3) is 0.818. The van der Waals surface area contributed by atoms with E-state index < -0.39 is 0 Å². The van der Waals surface area contributed by atoms with Gasteiger partial charge in [-0.15, -0.1) is 0 Å². The highest BCUT2D eigenvalue weighted by Crippen LogP contribution is 2.09. The van der Waals surface area contributed by atoms with Crippen LogP contribution in [0.3, 0.4) is 0 Å².